The first kappa shape index (κ1) is 40.2. The summed E-state index contributed by atoms with van der Waals surface area (Å²) in [5.41, 5.74) is -0.280. The number of methoxy groups -OCH3 is 1. The number of hydrogen-bond donors (Lipinski definition) is 4. The molecule has 5 atom stereocenters. The molecule has 4 heterocycles. The van der Waals surface area contributed by atoms with Gasteiger partial charge in [-0.05, 0) is 63.5 Å². The Balaban J connectivity index is 1.22. The third-order valence-electron chi connectivity index (χ3n) is 11.2. The molecule has 0 unspecified atom stereocenters. The highest BCUT2D eigenvalue weighted by molar-refractivity contribution is 7.14. The Labute approximate surface area is 338 Å². The van der Waals surface area contributed by atoms with Gasteiger partial charge in [-0.1, -0.05) is 43.5 Å². The molecule has 4 N–H and O–H groups in total. The summed E-state index contributed by atoms with van der Waals surface area (Å²) < 4.78 is 17.8. The summed E-state index contributed by atoms with van der Waals surface area (Å²) in [4.78, 5) is 77.3. The van der Waals surface area contributed by atoms with Gasteiger partial charge in [0.15, 0.2) is 5.13 Å². The number of anilines is 1. The van der Waals surface area contributed by atoms with Crippen LogP contribution in [0, 0.1) is 5.92 Å². The molecular weight excluding hydrogens is 776 g/mol. The number of carboxylic acid groups (broad SMARTS) is 1. The number of amides is 4. The van der Waals surface area contributed by atoms with Gasteiger partial charge in [0.1, 0.15) is 52.0 Å². The van der Waals surface area contributed by atoms with E-state index in [1.54, 1.807) is 30.5 Å². The van der Waals surface area contributed by atoms with Crippen LogP contribution in [-0.2, 0) is 23.9 Å². The van der Waals surface area contributed by atoms with Crippen molar-refractivity contribution in [2.45, 2.75) is 114 Å². The molecule has 57 heavy (non-hydrogen) atoms. The number of halogens is 1. The molecule has 0 bridgehead atoms. The Hall–Kier alpha value is -4.96. The highest BCUT2D eigenvalue weighted by Crippen LogP contribution is 2.46. The van der Waals surface area contributed by atoms with Crippen LogP contribution in [0.1, 0.15) is 84.0 Å². The maximum absolute atomic E-state index is 14.6. The van der Waals surface area contributed by atoms with Crippen molar-refractivity contribution in [1.82, 2.24) is 25.5 Å². The zero-order chi connectivity index (χ0) is 40.3. The van der Waals surface area contributed by atoms with Crippen LogP contribution in [0.25, 0.3) is 22.3 Å². The zero-order valence-corrected chi connectivity index (χ0v) is 33.5. The van der Waals surface area contributed by atoms with Gasteiger partial charge in [-0.25, -0.2) is 19.6 Å². The molecule has 3 aromatic rings. The normalized spacial score (nSPS) is 26.0. The summed E-state index contributed by atoms with van der Waals surface area (Å²) in [6.45, 7) is 1.70. The smallest absolute Gasteiger partial charge is 0.408 e. The van der Waals surface area contributed by atoms with E-state index in [0.717, 1.165) is 44.9 Å². The van der Waals surface area contributed by atoms with Gasteiger partial charge in [0, 0.05) is 35.6 Å². The van der Waals surface area contributed by atoms with Crippen molar-refractivity contribution in [1.29, 1.82) is 0 Å². The predicted molar refractivity (Wildman–Crippen MR) is 212 cm³/mol. The number of ether oxygens (including phenoxy) is 3. The fraction of sp³-hybridized carbons (Fsp3) is 0.525. The average molecular weight is 823 g/mol. The topological polar surface area (TPSA) is 198 Å². The average Bonchev–Trinajstić information content (AvgIpc) is 3.62. The number of benzene rings is 1. The minimum atomic E-state index is -1.49. The van der Waals surface area contributed by atoms with E-state index in [2.05, 4.69) is 20.9 Å². The van der Waals surface area contributed by atoms with Crippen LogP contribution in [0.5, 0.6) is 11.5 Å². The van der Waals surface area contributed by atoms with E-state index in [0.29, 0.717) is 51.8 Å². The van der Waals surface area contributed by atoms with Crippen molar-refractivity contribution in [2.75, 3.05) is 19.0 Å². The van der Waals surface area contributed by atoms with Crippen molar-refractivity contribution >= 4 is 68.8 Å². The van der Waals surface area contributed by atoms with Crippen LogP contribution in [0.2, 0.25) is 5.02 Å². The van der Waals surface area contributed by atoms with E-state index in [1.807, 2.05) is 12.2 Å². The van der Waals surface area contributed by atoms with Gasteiger partial charge in [-0.3, -0.25) is 14.4 Å². The number of rotatable bonds is 9. The maximum Gasteiger partial charge on any atom is 0.408 e. The number of aromatic nitrogens is 2. The third kappa shape index (κ3) is 8.81. The van der Waals surface area contributed by atoms with E-state index in [-0.39, 0.29) is 48.8 Å². The fourth-order valence-electron chi connectivity index (χ4n) is 7.91. The van der Waals surface area contributed by atoms with E-state index in [9.17, 15) is 29.1 Å². The van der Waals surface area contributed by atoms with Gasteiger partial charge in [-0.15, -0.1) is 11.3 Å². The van der Waals surface area contributed by atoms with Crippen LogP contribution < -0.4 is 25.4 Å². The number of alkyl carbamates (subject to hydrolysis) is 1. The predicted octanol–water partition coefficient (Wildman–Crippen LogP) is 6.23. The standard InChI is InChI=1S/C40H47ClN6O9S/c1-3-32(48)45-38-43-28(21-57-38)27-18-31(25-15-16-30(54-2)33(41)34(25)42-27)55-24-17-29-35(49)46-40(37(51)52)19-22(40)11-7-5-4-6-8-14-26(36(50)47(29)20-24)44-39(53)56-23-12-9-10-13-23/h7,11,15-16,18,21-24,26,29H,3-6,8-10,12-14,17,19-20H2,1-2H3,(H,44,53)(H,46,49)(H,51,52)(H,43,45,48)/b11-7-/t22-,24+,26+,29-,40+/m0/s1. The molecule has 7 rings (SSSR count). The summed E-state index contributed by atoms with van der Waals surface area (Å²) in [5, 5.41) is 21.5. The Morgan fingerprint density at radius 2 is 1.84 bits per heavy atom. The van der Waals surface area contributed by atoms with E-state index < -0.39 is 47.6 Å². The lowest BCUT2D eigenvalue weighted by atomic mass is 10.0. The lowest BCUT2D eigenvalue weighted by Gasteiger charge is -2.29. The molecule has 2 aliphatic carbocycles. The van der Waals surface area contributed by atoms with Gasteiger partial charge in [0.05, 0.1) is 24.9 Å². The van der Waals surface area contributed by atoms with E-state index >= 15 is 0 Å². The minimum Gasteiger partial charge on any atom is -0.495 e. The second kappa shape index (κ2) is 17.3. The molecular formula is C40H47ClN6O9S. The summed E-state index contributed by atoms with van der Waals surface area (Å²) >= 11 is 8.03. The van der Waals surface area contributed by atoms with Crippen molar-refractivity contribution in [3.63, 3.8) is 0 Å². The largest absolute Gasteiger partial charge is 0.495 e. The number of carbonyl (C=O) groups is 5. The van der Waals surface area contributed by atoms with Gasteiger partial charge < -0.3 is 40.2 Å². The second-order valence-electron chi connectivity index (χ2n) is 15.1. The first-order valence-electron chi connectivity index (χ1n) is 19.6. The summed E-state index contributed by atoms with van der Waals surface area (Å²) in [6, 6.07) is 3.03. The van der Waals surface area contributed by atoms with Crippen molar-refractivity contribution in [3.8, 4) is 22.9 Å². The Morgan fingerprint density at radius 3 is 2.60 bits per heavy atom. The monoisotopic (exact) mass is 822 g/mol. The number of allylic oxidation sites excluding steroid dienone is 1. The second-order valence-corrected chi connectivity index (χ2v) is 16.3. The molecule has 0 radical (unpaired) electrons. The summed E-state index contributed by atoms with van der Waals surface area (Å²) in [7, 11) is 1.49. The molecule has 4 aliphatic rings. The van der Waals surface area contributed by atoms with Crippen LogP contribution in [0.15, 0.2) is 35.7 Å². The molecule has 3 fully saturated rings. The molecule has 1 saturated heterocycles. The Morgan fingerprint density at radius 1 is 1.05 bits per heavy atom. The first-order chi connectivity index (χ1) is 27.5. The molecule has 17 heteroatoms. The number of carbonyl (C=O) groups excluding carboxylic acids is 4. The van der Waals surface area contributed by atoms with Crippen molar-refractivity contribution in [3.05, 3.63) is 40.8 Å². The van der Waals surface area contributed by atoms with Crippen molar-refractivity contribution in [2.24, 2.45) is 5.92 Å². The molecule has 304 valence electrons. The van der Waals surface area contributed by atoms with Crippen LogP contribution >= 0.6 is 22.9 Å². The highest BCUT2D eigenvalue weighted by Gasteiger charge is 2.61. The third-order valence-corrected chi connectivity index (χ3v) is 12.3. The molecule has 2 aromatic heterocycles. The summed E-state index contributed by atoms with van der Waals surface area (Å²) in [5.74, 6) is -2.09. The molecule has 2 aliphatic heterocycles. The lowest BCUT2D eigenvalue weighted by molar-refractivity contribution is -0.145. The molecule has 4 amide bonds. The number of hydrogen-bond acceptors (Lipinski definition) is 11. The Bertz CT molecular complexity index is 2070. The zero-order valence-electron chi connectivity index (χ0n) is 31.9. The number of pyridine rings is 1. The molecule has 1 aromatic carbocycles. The first-order valence-corrected chi connectivity index (χ1v) is 20.8. The molecule has 0 spiro atoms. The van der Waals surface area contributed by atoms with E-state index in [4.69, 9.17) is 30.8 Å². The number of fused-ring (bicyclic) bond motifs is 3. The van der Waals surface area contributed by atoms with Crippen LogP contribution in [0.4, 0.5) is 9.93 Å². The highest BCUT2D eigenvalue weighted by atomic mass is 35.5. The molecule has 15 nitrogen and oxygen atoms in total. The maximum atomic E-state index is 14.6. The fourth-order valence-corrected chi connectivity index (χ4v) is 8.92. The number of carboxylic acids is 1. The van der Waals surface area contributed by atoms with Crippen LogP contribution in [-0.4, -0.2) is 93.2 Å². The van der Waals surface area contributed by atoms with Gasteiger partial charge in [0.25, 0.3) is 0 Å². The van der Waals surface area contributed by atoms with Gasteiger partial charge in [-0.2, -0.15) is 0 Å². The lowest BCUT2D eigenvalue weighted by Crippen LogP contribution is -2.56. The number of thiazole rings is 1. The summed E-state index contributed by atoms with van der Waals surface area (Å²) in [6.07, 6.45) is 9.48. The SMILES string of the molecule is CCC(=O)Nc1nc(-c2cc(O[C@@H]3C[C@H]4C(=O)N[C@]5(C(=O)O)C[C@@H]5/C=C\CCCCC[C@@H](NC(=O)OC5CCCC5)C(=O)N4C3)c3ccc(OC)c(Cl)c3n2)cs1. The minimum absolute atomic E-state index is 0.0277. The Kier molecular flexibility index (Phi) is 12.2. The van der Waals surface area contributed by atoms with Gasteiger partial charge >= 0.3 is 12.1 Å². The number of nitrogens with zero attached hydrogens (tertiary/aromatic N) is 3. The number of aliphatic carboxylic acids is 1. The number of nitrogens with one attached hydrogen (secondary N) is 3. The van der Waals surface area contributed by atoms with E-state index in [1.165, 1.54) is 23.3 Å². The van der Waals surface area contributed by atoms with Crippen LogP contribution in [0.3, 0.4) is 0 Å². The van der Waals surface area contributed by atoms with Crippen molar-refractivity contribution < 1.29 is 43.3 Å². The molecule has 2 saturated carbocycles. The van der Waals surface area contributed by atoms with Gasteiger partial charge in [0.2, 0.25) is 17.7 Å². The quantitative estimate of drug-likeness (QED) is 0.178.